The van der Waals surface area contributed by atoms with Crippen LogP contribution in [0.15, 0.2) is 152 Å². The first-order valence-corrected chi connectivity index (χ1v) is 13.7. The van der Waals surface area contributed by atoms with Crippen LogP contribution < -0.4 is 4.90 Å². The van der Waals surface area contributed by atoms with E-state index in [0.29, 0.717) is 0 Å². The Morgan fingerprint density at radius 1 is 0.342 bits per heavy atom. The van der Waals surface area contributed by atoms with Crippen molar-refractivity contribution in [2.45, 2.75) is 0 Å². The lowest BCUT2D eigenvalue weighted by Crippen LogP contribution is -2.10. The van der Waals surface area contributed by atoms with Gasteiger partial charge in [0.2, 0.25) is 0 Å². The minimum absolute atomic E-state index is 1.13. The van der Waals surface area contributed by atoms with Gasteiger partial charge in [-0.05, 0) is 70.8 Å². The molecule has 0 atom stereocenters. The molecule has 0 N–H and O–H groups in total. The summed E-state index contributed by atoms with van der Waals surface area (Å²) in [5.41, 5.74) is 8.25. The Hall–Kier alpha value is -4.66. The largest absolute Gasteiger partial charge is 0.310 e. The maximum atomic E-state index is 2.38. The molecule has 7 rings (SSSR count). The fraction of sp³-hybridized carbons (Fsp3) is 0. The fourth-order valence-corrected chi connectivity index (χ4v) is 6.30. The molecule has 0 saturated carbocycles. The number of hydrogen-bond donors (Lipinski definition) is 0. The van der Waals surface area contributed by atoms with E-state index in [-0.39, 0.29) is 0 Å². The van der Waals surface area contributed by atoms with Gasteiger partial charge in [0.15, 0.2) is 0 Å². The Bertz CT molecular complexity index is 1790. The molecule has 0 unspecified atom stereocenters. The van der Waals surface area contributed by atoms with Crippen LogP contribution in [0.25, 0.3) is 42.4 Å². The molecule has 0 radical (unpaired) electrons. The Kier molecular flexibility index (Phi) is 5.73. The molecule has 7 aromatic rings. The van der Waals surface area contributed by atoms with Gasteiger partial charge < -0.3 is 4.90 Å². The van der Waals surface area contributed by atoms with Crippen molar-refractivity contribution in [1.82, 2.24) is 0 Å². The van der Waals surface area contributed by atoms with Crippen LogP contribution in [0.3, 0.4) is 0 Å². The quantitative estimate of drug-likeness (QED) is 0.226. The second-order valence-corrected chi connectivity index (χ2v) is 10.5. The van der Waals surface area contributed by atoms with E-state index < -0.39 is 0 Å². The highest BCUT2D eigenvalue weighted by Crippen LogP contribution is 2.42. The van der Waals surface area contributed by atoms with Crippen LogP contribution in [0.1, 0.15) is 0 Å². The number of benzene rings is 6. The summed E-state index contributed by atoms with van der Waals surface area (Å²) in [4.78, 5) is 2.38. The Labute approximate surface area is 226 Å². The second kappa shape index (κ2) is 9.66. The average molecular weight is 504 g/mol. The van der Waals surface area contributed by atoms with Crippen LogP contribution in [0.2, 0.25) is 0 Å². The normalized spacial score (nSPS) is 11.2. The molecule has 6 aromatic carbocycles. The van der Waals surface area contributed by atoms with Crippen molar-refractivity contribution in [2.24, 2.45) is 0 Å². The van der Waals surface area contributed by atoms with Crippen molar-refractivity contribution >= 4 is 48.6 Å². The molecule has 1 aromatic heterocycles. The van der Waals surface area contributed by atoms with Crippen LogP contribution in [0.4, 0.5) is 17.1 Å². The van der Waals surface area contributed by atoms with E-state index in [4.69, 9.17) is 0 Å². The summed E-state index contributed by atoms with van der Waals surface area (Å²) in [7, 11) is 0. The van der Waals surface area contributed by atoms with Gasteiger partial charge in [0, 0.05) is 37.2 Å². The molecule has 1 nitrogen and oxygen atoms in total. The monoisotopic (exact) mass is 503 g/mol. The Morgan fingerprint density at radius 2 is 0.842 bits per heavy atom. The average Bonchev–Trinajstić information content (AvgIpc) is 3.37. The summed E-state index contributed by atoms with van der Waals surface area (Å²) in [6, 6.07) is 54.4. The molecule has 0 aliphatic rings. The van der Waals surface area contributed by atoms with E-state index in [0.717, 1.165) is 17.1 Å². The first-order valence-electron chi connectivity index (χ1n) is 12.9. The van der Waals surface area contributed by atoms with Crippen molar-refractivity contribution in [3.63, 3.8) is 0 Å². The van der Waals surface area contributed by atoms with Gasteiger partial charge in [0.1, 0.15) is 0 Å². The third-order valence-electron chi connectivity index (χ3n) is 7.04. The molecule has 180 valence electrons. The topological polar surface area (TPSA) is 3.24 Å². The molecular formula is C36H25NS. The first kappa shape index (κ1) is 22.5. The molecule has 0 aliphatic heterocycles. The minimum Gasteiger partial charge on any atom is -0.310 e. The summed E-state index contributed by atoms with van der Waals surface area (Å²) in [6.45, 7) is 0. The van der Waals surface area contributed by atoms with Crippen LogP contribution in [-0.2, 0) is 0 Å². The van der Waals surface area contributed by atoms with E-state index >= 15 is 0 Å². The van der Waals surface area contributed by atoms with E-state index in [1.165, 1.54) is 42.4 Å². The molecule has 2 heteroatoms. The number of hydrogen-bond acceptors (Lipinski definition) is 2. The molecule has 38 heavy (non-hydrogen) atoms. The SMILES string of the molecule is c1ccc(-c2cccc(N(c3cccc(-c4ccccc4)c3)c3ccc4sc5ccccc5c4c3)c2)cc1. The zero-order chi connectivity index (χ0) is 25.3. The van der Waals surface area contributed by atoms with Crippen molar-refractivity contribution < 1.29 is 0 Å². The van der Waals surface area contributed by atoms with Gasteiger partial charge in [-0.1, -0.05) is 103 Å². The van der Waals surface area contributed by atoms with Gasteiger partial charge in [0.05, 0.1) is 0 Å². The van der Waals surface area contributed by atoms with Crippen molar-refractivity contribution in [3.05, 3.63) is 152 Å². The maximum absolute atomic E-state index is 2.38. The lowest BCUT2D eigenvalue weighted by Gasteiger charge is -2.26. The molecule has 0 bridgehead atoms. The third-order valence-corrected chi connectivity index (χ3v) is 8.19. The number of anilines is 3. The second-order valence-electron chi connectivity index (χ2n) is 9.45. The summed E-state index contributed by atoms with van der Waals surface area (Å²) in [5.74, 6) is 0. The standard InChI is InChI=1S/C36H25NS/c1-3-11-26(12-4-1)28-15-9-17-30(23-28)37(31-18-10-16-29(24-31)27-13-5-2-6-14-27)32-21-22-36-34(25-32)33-19-7-8-20-35(33)38-36/h1-25H. The fourth-order valence-electron chi connectivity index (χ4n) is 5.21. The Morgan fingerprint density at radius 3 is 1.47 bits per heavy atom. The van der Waals surface area contributed by atoms with Gasteiger partial charge in [0.25, 0.3) is 0 Å². The van der Waals surface area contributed by atoms with Gasteiger partial charge in [-0.15, -0.1) is 11.3 Å². The zero-order valence-corrected chi connectivity index (χ0v) is 21.6. The summed E-state index contributed by atoms with van der Waals surface area (Å²) < 4.78 is 2.63. The predicted molar refractivity (Wildman–Crippen MR) is 165 cm³/mol. The summed E-state index contributed by atoms with van der Waals surface area (Å²) in [6.07, 6.45) is 0. The molecule has 0 aliphatic carbocycles. The van der Waals surface area contributed by atoms with Crippen molar-refractivity contribution in [3.8, 4) is 22.3 Å². The molecule has 0 spiro atoms. The van der Waals surface area contributed by atoms with Crippen LogP contribution >= 0.6 is 11.3 Å². The van der Waals surface area contributed by atoms with Crippen molar-refractivity contribution in [1.29, 1.82) is 0 Å². The van der Waals surface area contributed by atoms with Gasteiger partial charge in [-0.2, -0.15) is 0 Å². The first-order chi connectivity index (χ1) is 18.8. The molecular weight excluding hydrogens is 478 g/mol. The van der Waals surface area contributed by atoms with Crippen LogP contribution in [0, 0.1) is 0 Å². The van der Waals surface area contributed by atoms with Crippen molar-refractivity contribution in [2.75, 3.05) is 4.90 Å². The highest BCUT2D eigenvalue weighted by molar-refractivity contribution is 7.25. The number of rotatable bonds is 5. The lowest BCUT2D eigenvalue weighted by atomic mass is 10.0. The number of nitrogens with zero attached hydrogens (tertiary/aromatic N) is 1. The molecule has 0 saturated heterocycles. The molecule has 0 amide bonds. The number of thiophene rings is 1. The molecule has 1 heterocycles. The van der Waals surface area contributed by atoms with E-state index in [9.17, 15) is 0 Å². The number of fused-ring (bicyclic) bond motifs is 3. The maximum Gasteiger partial charge on any atom is 0.0468 e. The summed E-state index contributed by atoms with van der Waals surface area (Å²) in [5, 5.41) is 2.61. The van der Waals surface area contributed by atoms with Gasteiger partial charge in [-0.25, -0.2) is 0 Å². The smallest absolute Gasteiger partial charge is 0.0468 e. The van der Waals surface area contributed by atoms with Crippen LogP contribution in [0.5, 0.6) is 0 Å². The zero-order valence-electron chi connectivity index (χ0n) is 20.8. The Balaban J connectivity index is 1.43. The highest BCUT2D eigenvalue weighted by Gasteiger charge is 2.16. The minimum atomic E-state index is 1.13. The lowest BCUT2D eigenvalue weighted by molar-refractivity contribution is 1.29. The predicted octanol–water partition coefficient (Wildman–Crippen LogP) is 10.9. The van der Waals surface area contributed by atoms with Gasteiger partial charge >= 0.3 is 0 Å². The summed E-state index contributed by atoms with van der Waals surface area (Å²) >= 11 is 1.85. The van der Waals surface area contributed by atoms with Gasteiger partial charge in [-0.3, -0.25) is 0 Å². The van der Waals surface area contributed by atoms with E-state index in [2.05, 4.69) is 157 Å². The highest BCUT2D eigenvalue weighted by atomic mass is 32.1. The molecule has 0 fully saturated rings. The van der Waals surface area contributed by atoms with E-state index in [1.807, 2.05) is 11.3 Å². The third kappa shape index (κ3) is 4.15. The van der Waals surface area contributed by atoms with E-state index in [1.54, 1.807) is 0 Å². The van der Waals surface area contributed by atoms with Crippen LogP contribution in [-0.4, -0.2) is 0 Å².